The van der Waals surface area contributed by atoms with Crippen molar-refractivity contribution >= 4 is 27.6 Å². The SMILES string of the molecule is O=C(O)C(O)c1ccc(F)c(Br)c1[N+](=O)[O-]. The Kier molecular flexibility index (Phi) is 3.55. The third kappa shape index (κ3) is 2.17. The number of nitro benzene ring substituents is 1. The minimum atomic E-state index is -2.07. The Labute approximate surface area is 96.6 Å². The van der Waals surface area contributed by atoms with Gasteiger partial charge in [0.2, 0.25) is 0 Å². The largest absolute Gasteiger partial charge is 0.479 e. The topological polar surface area (TPSA) is 101 Å². The summed E-state index contributed by atoms with van der Waals surface area (Å²) >= 11 is 2.63. The summed E-state index contributed by atoms with van der Waals surface area (Å²) in [5.74, 6) is -2.56. The summed E-state index contributed by atoms with van der Waals surface area (Å²) in [5.41, 5.74) is -1.28. The highest BCUT2D eigenvalue weighted by Gasteiger charge is 2.29. The van der Waals surface area contributed by atoms with Gasteiger partial charge in [0.25, 0.3) is 5.69 Å². The van der Waals surface area contributed by atoms with E-state index in [0.717, 1.165) is 12.1 Å². The van der Waals surface area contributed by atoms with Crippen molar-refractivity contribution < 1.29 is 24.3 Å². The molecular formula is C8H5BrFNO5. The van der Waals surface area contributed by atoms with Gasteiger partial charge in [-0.25, -0.2) is 9.18 Å². The zero-order valence-electron chi connectivity index (χ0n) is 7.55. The molecule has 1 rings (SSSR count). The second-order valence-electron chi connectivity index (χ2n) is 2.80. The van der Waals surface area contributed by atoms with Crippen LogP contribution in [-0.2, 0) is 4.79 Å². The third-order valence-corrected chi connectivity index (χ3v) is 2.57. The molecule has 0 aliphatic rings. The number of carboxylic acid groups (broad SMARTS) is 1. The maximum absolute atomic E-state index is 13.0. The minimum absolute atomic E-state index is 0.481. The molecular weight excluding hydrogens is 289 g/mol. The van der Waals surface area contributed by atoms with Crippen LogP contribution in [0.2, 0.25) is 0 Å². The number of halogens is 2. The van der Waals surface area contributed by atoms with Gasteiger partial charge in [-0.15, -0.1) is 0 Å². The lowest BCUT2D eigenvalue weighted by Crippen LogP contribution is -2.13. The molecule has 1 aromatic carbocycles. The van der Waals surface area contributed by atoms with Gasteiger partial charge in [-0.1, -0.05) is 0 Å². The molecule has 8 heteroatoms. The van der Waals surface area contributed by atoms with E-state index in [2.05, 4.69) is 15.9 Å². The van der Waals surface area contributed by atoms with Crippen LogP contribution in [0, 0.1) is 15.9 Å². The molecule has 1 atom stereocenters. The molecule has 1 unspecified atom stereocenters. The summed E-state index contributed by atoms with van der Waals surface area (Å²) in [6.45, 7) is 0. The van der Waals surface area contributed by atoms with Crippen LogP contribution in [0.1, 0.15) is 11.7 Å². The van der Waals surface area contributed by atoms with Crippen molar-refractivity contribution in [2.24, 2.45) is 0 Å². The van der Waals surface area contributed by atoms with Crippen LogP contribution >= 0.6 is 15.9 Å². The van der Waals surface area contributed by atoms with Crippen LogP contribution in [0.5, 0.6) is 0 Å². The molecule has 2 N–H and O–H groups in total. The van der Waals surface area contributed by atoms with Crippen LogP contribution in [0.15, 0.2) is 16.6 Å². The van der Waals surface area contributed by atoms with E-state index in [-0.39, 0.29) is 0 Å². The van der Waals surface area contributed by atoms with E-state index in [1.54, 1.807) is 0 Å². The van der Waals surface area contributed by atoms with Gasteiger partial charge >= 0.3 is 5.97 Å². The predicted octanol–water partition coefficient (Wildman–Crippen LogP) is 1.61. The Hall–Kier alpha value is -1.54. The van der Waals surface area contributed by atoms with Crippen LogP contribution < -0.4 is 0 Å². The summed E-state index contributed by atoms with van der Waals surface area (Å²) in [7, 11) is 0. The number of nitrogens with zero attached hydrogens (tertiary/aromatic N) is 1. The van der Waals surface area contributed by atoms with Gasteiger partial charge in [-0.2, -0.15) is 0 Å². The molecule has 0 radical (unpaired) electrons. The molecule has 0 saturated carbocycles. The molecule has 0 saturated heterocycles. The average molecular weight is 294 g/mol. The fourth-order valence-electron chi connectivity index (χ4n) is 1.09. The highest BCUT2D eigenvalue weighted by atomic mass is 79.9. The maximum atomic E-state index is 13.0. The van der Waals surface area contributed by atoms with Gasteiger partial charge in [0.15, 0.2) is 6.10 Å². The number of aliphatic carboxylic acids is 1. The first-order valence-corrected chi connectivity index (χ1v) is 4.68. The first kappa shape index (κ1) is 12.5. The number of rotatable bonds is 3. The van der Waals surface area contributed by atoms with E-state index in [1.165, 1.54) is 0 Å². The van der Waals surface area contributed by atoms with Crippen molar-refractivity contribution in [2.75, 3.05) is 0 Å². The summed E-state index contributed by atoms with van der Waals surface area (Å²) in [6.07, 6.45) is -2.07. The lowest BCUT2D eigenvalue weighted by Gasteiger charge is -2.07. The second kappa shape index (κ2) is 4.54. The molecule has 1 aromatic rings. The molecule has 0 bridgehead atoms. The Morgan fingerprint density at radius 1 is 1.56 bits per heavy atom. The second-order valence-corrected chi connectivity index (χ2v) is 3.59. The quantitative estimate of drug-likeness (QED) is 0.651. The van der Waals surface area contributed by atoms with Crippen molar-refractivity contribution in [1.29, 1.82) is 0 Å². The Morgan fingerprint density at radius 2 is 2.12 bits per heavy atom. The van der Waals surface area contributed by atoms with Crippen molar-refractivity contribution in [2.45, 2.75) is 6.10 Å². The van der Waals surface area contributed by atoms with E-state index < -0.39 is 38.5 Å². The van der Waals surface area contributed by atoms with E-state index in [9.17, 15) is 24.4 Å². The fourth-order valence-corrected chi connectivity index (χ4v) is 1.60. The minimum Gasteiger partial charge on any atom is -0.479 e. The van der Waals surface area contributed by atoms with Crippen molar-refractivity contribution in [3.63, 3.8) is 0 Å². The Balaban J connectivity index is 3.46. The van der Waals surface area contributed by atoms with Crippen LogP contribution in [0.3, 0.4) is 0 Å². The summed E-state index contributed by atoms with van der Waals surface area (Å²) in [6, 6.07) is 1.69. The van der Waals surface area contributed by atoms with Gasteiger partial charge < -0.3 is 10.2 Å². The third-order valence-electron chi connectivity index (χ3n) is 1.81. The molecule has 0 heterocycles. The number of benzene rings is 1. The summed E-state index contributed by atoms with van der Waals surface area (Å²) in [4.78, 5) is 20.2. The monoisotopic (exact) mass is 293 g/mol. The standard InChI is InChI=1S/C8H5BrFNO5/c9-5-4(10)2-1-3(6(5)11(15)16)7(12)8(13)14/h1-2,7,12H,(H,13,14). The zero-order valence-corrected chi connectivity index (χ0v) is 9.14. The number of hydrogen-bond donors (Lipinski definition) is 2. The summed E-state index contributed by atoms with van der Waals surface area (Å²) in [5, 5.41) is 28.3. The number of nitro groups is 1. The molecule has 0 fully saturated rings. The average Bonchev–Trinajstić information content (AvgIpc) is 2.20. The number of hydrogen-bond acceptors (Lipinski definition) is 4. The normalized spacial score (nSPS) is 12.2. The van der Waals surface area contributed by atoms with Crippen molar-refractivity contribution in [3.05, 3.63) is 38.1 Å². The predicted molar refractivity (Wildman–Crippen MR) is 53.4 cm³/mol. The number of carboxylic acids is 1. The first-order chi connectivity index (χ1) is 7.36. The van der Waals surface area contributed by atoms with Gasteiger partial charge in [0, 0.05) is 0 Å². The molecule has 6 nitrogen and oxygen atoms in total. The molecule has 0 spiro atoms. The fraction of sp³-hybridized carbons (Fsp3) is 0.125. The molecule has 0 aliphatic heterocycles. The molecule has 86 valence electrons. The van der Waals surface area contributed by atoms with Crippen molar-refractivity contribution in [1.82, 2.24) is 0 Å². The van der Waals surface area contributed by atoms with Gasteiger partial charge in [0.05, 0.1) is 10.5 Å². The van der Waals surface area contributed by atoms with Crippen LogP contribution in [0.4, 0.5) is 10.1 Å². The molecule has 0 aromatic heterocycles. The van der Waals surface area contributed by atoms with E-state index in [0.29, 0.717) is 0 Å². The number of aliphatic hydroxyl groups is 1. The number of carbonyl (C=O) groups is 1. The molecule has 0 amide bonds. The van der Waals surface area contributed by atoms with Gasteiger partial charge in [-0.05, 0) is 28.1 Å². The van der Waals surface area contributed by atoms with Gasteiger partial charge in [0.1, 0.15) is 10.3 Å². The van der Waals surface area contributed by atoms with E-state index in [1.807, 2.05) is 0 Å². The lowest BCUT2D eigenvalue weighted by molar-refractivity contribution is -0.387. The maximum Gasteiger partial charge on any atom is 0.337 e. The lowest BCUT2D eigenvalue weighted by atomic mass is 10.1. The highest BCUT2D eigenvalue weighted by Crippen LogP contribution is 2.34. The number of aliphatic hydroxyl groups excluding tert-OH is 1. The van der Waals surface area contributed by atoms with Crippen LogP contribution in [0.25, 0.3) is 0 Å². The van der Waals surface area contributed by atoms with Crippen molar-refractivity contribution in [3.8, 4) is 0 Å². The van der Waals surface area contributed by atoms with Gasteiger partial charge in [-0.3, -0.25) is 10.1 Å². The Bertz CT molecular complexity index is 464. The Morgan fingerprint density at radius 3 is 2.56 bits per heavy atom. The molecule has 0 aliphatic carbocycles. The van der Waals surface area contributed by atoms with Crippen LogP contribution in [-0.4, -0.2) is 21.1 Å². The first-order valence-electron chi connectivity index (χ1n) is 3.89. The zero-order chi connectivity index (χ0) is 12.5. The van der Waals surface area contributed by atoms with E-state index >= 15 is 0 Å². The highest BCUT2D eigenvalue weighted by molar-refractivity contribution is 9.10. The van der Waals surface area contributed by atoms with E-state index in [4.69, 9.17) is 5.11 Å². The smallest absolute Gasteiger partial charge is 0.337 e. The summed E-state index contributed by atoms with van der Waals surface area (Å²) < 4.78 is 12.5. The molecule has 16 heavy (non-hydrogen) atoms.